The van der Waals surface area contributed by atoms with Crippen LogP contribution in [0, 0.1) is 0 Å². The predicted molar refractivity (Wildman–Crippen MR) is 94.3 cm³/mol. The number of unbranched alkanes of at least 4 members (excludes halogenated alkanes) is 2. The molecule has 1 rings (SSSR count). The van der Waals surface area contributed by atoms with Crippen LogP contribution in [0.1, 0.15) is 45.2 Å². The topological polar surface area (TPSA) is 31.4 Å². The first kappa shape index (κ1) is 20.2. The van der Waals surface area contributed by atoms with Gasteiger partial charge in [0.25, 0.3) is 0 Å². The van der Waals surface area contributed by atoms with Gasteiger partial charge in [0.05, 0.1) is 13.2 Å². The third kappa shape index (κ3) is 5.68. The summed E-state index contributed by atoms with van der Waals surface area (Å²) in [4.78, 5) is 4.14. The van der Waals surface area contributed by atoms with Crippen LogP contribution in [0.15, 0.2) is 0 Å². The van der Waals surface area contributed by atoms with Crippen molar-refractivity contribution in [2.24, 2.45) is 0 Å². The maximum atomic E-state index is 6.27. The third-order valence-corrected chi connectivity index (χ3v) is 3.98. The first-order chi connectivity index (χ1) is 10.3. The number of rotatable bonds is 8. The van der Waals surface area contributed by atoms with Crippen molar-refractivity contribution in [1.29, 1.82) is 0 Å². The van der Waals surface area contributed by atoms with E-state index < -0.39 is 3.79 Å². The van der Waals surface area contributed by atoms with Crippen molar-refractivity contribution < 1.29 is 9.47 Å². The number of alkyl halides is 3. The van der Waals surface area contributed by atoms with E-state index in [1.54, 1.807) is 0 Å². The van der Waals surface area contributed by atoms with Crippen LogP contribution < -0.4 is 9.47 Å². The molecule has 0 unspecified atom stereocenters. The Balaban J connectivity index is 3.18. The Morgan fingerprint density at radius 1 is 0.909 bits per heavy atom. The van der Waals surface area contributed by atoms with Crippen LogP contribution in [0.5, 0.6) is 11.6 Å². The molecule has 1 aromatic rings. The molecule has 0 aliphatic heterocycles. The number of hydrogen-bond donors (Lipinski definition) is 0. The Morgan fingerprint density at radius 3 is 1.95 bits per heavy atom. The van der Waals surface area contributed by atoms with Crippen molar-refractivity contribution in [3.63, 3.8) is 0 Å². The van der Waals surface area contributed by atoms with Crippen LogP contribution in [0.25, 0.3) is 0 Å². The van der Waals surface area contributed by atoms with Gasteiger partial charge >= 0.3 is 0 Å². The first-order valence-electron chi connectivity index (χ1n) is 7.04. The fourth-order valence-corrected chi connectivity index (χ4v) is 2.73. The molecule has 3 nitrogen and oxygen atoms in total. The molecular formula is C14H18Cl5NO2. The third-order valence-electron chi connectivity index (χ3n) is 2.76. The molecule has 0 fully saturated rings. The zero-order chi connectivity index (χ0) is 16.8. The lowest BCUT2D eigenvalue weighted by molar-refractivity contribution is 0.285. The van der Waals surface area contributed by atoms with E-state index in [2.05, 4.69) is 4.98 Å². The van der Waals surface area contributed by atoms with Gasteiger partial charge in [-0.2, -0.15) is 0 Å². The van der Waals surface area contributed by atoms with E-state index >= 15 is 0 Å². The molecular weight excluding hydrogens is 391 g/mol. The van der Waals surface area contributed by atoms with Crippen molar-refractivity contribution in [2.75, 3.05) is 13.2 Å². The summed E-state index contributed by atoms with van der Waals surface area (Å²) >= 11 is 30.2. The number of halogens is 5. The van der Waals surface area contributed by atoms with Crippen molar-refractivity contribution >= 4 is 58.0 Å². The summed E-state index contributed by atoms with van der Waals surface area (Å²) in [5, 5.41) is 0.277. The summed E-state index contributed by atoms with van der Waals surface area (Å²) in [6.45, 7) is 5.00. The minimum Gasteiger partial charge on any atom is -0.490 e. The van der Waals surface area contributed by atoms with Gasteiger partial charge in [0.15, 0.2) is 5.75 Å². The van der Waals surface area contributed by atoms with Crippen LogP contribution in [0.2, 0.25) is 10.0 Å². The van der Waals surface area contributed by atoms with Gasteiger partial charge in [-0.3, -0.25) is 0 Å². The molecule has 0 bridgehead atoms. The second-order valence-corrected chi connectivity index (χ2v) is 7.66. The molecule has 8 heteroatoms. The second kappa shape index (κ2) is 9.48. The fraction of sp³-hybridized carbons (Fsp3) is 0.643. The minimum atomic E-state index is -1.80. The normalized spacial score (nSPS) is 11.6. The van der Waals surface area contributed by atoms with Crippen molar-refractivity contribution in [3.8, 4) is 11.6 Å². The SMILES string of the molecule is CCCCOc1nc(C(Cl)(Cl)Cl)c(Cl)c(OCCCC)c1Cl. The monoisotopic (exact) mass is 407 g/mol. The molecule has 0 aliphatic carbocycles. The van der Waals surface area contributed by atoms with E-state index in [9.17, 15) is 0 Å². The number of aromatic nitrogens is 1. The lowest BCUT2D eigenvalue weighted by Gasteiger charge is -2.19. The number of nitrogens with zero attached hydrogens (tertiary/aromatic N) is 1. The molecule has 0 spiro atoms. The lowest BCUT2D eigenvalue weighted by atomic mass is 10.3. The number of ether oxygens (including phenoxy) is 2. The van der Waals surface area contributed by atoms with Crippen LogP contribution in [-0.4, -0.2) is 18.2 Å². The molecule has 126 valence electrons. The highest BCUT2D eigenvalue weighted by Gasteiger charge is 2.33. The fourth-order valence-electron chi connectivity index (χ4n) is 1.54. The highest BCUT2D eigenvalue weighted by Crippen LogP contribution is 2.48. The number of hydrogen-bond acceptors (Lipinski definition) is 3. The zero-order valence-electron chi connectivity index (χ0n) is 12.4. The summed E-state index contributed by atoms with van der Waals surface area (Å²) in [5.41, 5.74) is 0.0431. The highest BCUT2D eigenvalue weighted by molar-refractivity contribution is 6.67. The summed E-state index contributed by atoms with van der Waals surface area (Å²) < 4.78 is 9.39. The average Bonchev–Trinajstić information content (AvgIpc) is 2.43. The largest absolute Gasteiger partial charge is 0.490 e. The van der Waals surface area contributed by atoms with E-state index in [0.717, 1.165) is 25.7 Å². The van der Waals surface area contributed by atoms with Gasteiger partial charge in [-0.05, 0) is 12.8 Å². The van der Waals surface area contributed by atoms with Gasteiger partial charge in [-0.25, -0.2) is 4.98 Å². The summed E-state index contributed by atoms with van der Waals surface area (Å²) in [6.07, 6.45) is 3.65. The van der Waals surface area contributed by atoms with Gasteiger partial charge in [0.2, 0.25) is 9.67 Å². The van der Waals surface area contributed by atoms with Crippen molar-refractivity contribution in [2.45, 2.75) is 43.3 Å². The summed E-state index contributed by atoms with van der Waals surface area (Å²) in [7, 11) is 0. The van der Waals surface area contributed by atoms with E-state index in [1.807, 2.05) is 13.8 Å². The number of pyridine rings is 1. The van der Waals surface area contributed by atoms with Crippen molar-refractivity contribution in [3.05, 3.63) is 15.7 Å². The molecule has 0 aromatic carbocycles. The Morgan fingerprint density at radius 2 is 1.45 bits per heavy atom. The van der Waals surface area contributed by atoms with E-state index in [1.165, 1.54) is 0 Å². The maximum absolute atomic E-state index is 6.27. The summed E-state index contributed by atoms with van der Waals surface area (Å²) in [6, 6.07) is 0. The maximum Gasteiger partial charge on any atom is 0.236 e. The minimum absolute atomic E-state index is 0.0431. The van der Waals surface area contributed by atoms with Crippen molar-refractivity contribution in [1.82, 2.24) is 4.98 Å². The Hall–Kier alpha value is 0.200. The van der Waals surface area contributed by atoms with Gasteiger partial charge < -0.3 is 9.47 Å². The average molecular weight is 410 g/mol. The zero-order valence-corrected chi connectivity index (χ0v) is 16.2. The molecule has 0 amide bonds. The van der Waals surface area contributed by atoms with Crippen LogP contribution in [-0.2, 0) is 3.79 Å². The molecule has 1 aromatic heterocycles. The molecule has 1 heterocycles. The smallest absolute Gasteiger partial charge is 0.236 e. The summed E-state index contributed by atoms with van der Waals surface area (Å²) in [5.74, 6) is 0.395. The molecule has 0 radical (unpaired) electrons. The van der Waals surface area contributed by atoms with Crippen LogP contribution in [0.3, 0.4) is 0 Å². The van der Waals surface area contributed by atoms with Crippen LogP contribution in [0.4, 0.5) is 0 Å². The standard InChI is InChI=1S/C14H18Cl5NO2/c1-3-5-7-21-11-9(15)12(14(17,18)19)20-13(10(11)16)22-8-6-4-2/h3-8H2,1-2H3. The predicted octanol–water partition coefficient (Wildman–Crippen LogP) is 6.57. The highest BCUT2D eigenvalue weighted by atomic mass is 35.6. The molecule has 0 aliphatic rings. The van der Waals surface area contributed by atoms with Gasteiger partial charge in [0.1, 0.15) is 15.7 Å². The quantitative estimate of drug-likeness (QED) is 0.359. The Labute approximate surface area is 156 Å². The second-order valence-electron chi connectivity index (χ2n) is 4.62. The first-order valence-corrected chi connectivity index (χ1v) is 8.93. The Kier molecular flexibility index (Phi) is 8.73. The molecule has 0 saturated heterocycles. The molecule has 22 heavy (non-hydrogen) atoms. The van der Waals surface area contributed by atoms with Gasteiger partial charge in [-0.1, -0.05) is 84.7 Å². The van der Waals surface area contributed by atoms with Gasteiger partial charge in [0, 0.05) is 0 Å². The van der Waals surface area contributed by atoms with Gasteiger partial charge in [-0.15, -0.1) is 0 Å². The van der Waals surface area contributed by atoms with Crippen LogP contribution >= 0.6 is 58.0 Å². The molecule has 0 atom stereocenters. The van der Waals surface area contributed by atoms with E-state index in [-0.39, 0.29) is 27.4 Å². The Bertz CT molecular complexity index is 491. The molecule has 0 saturated carbocycles. The lowest BCUT2D eigenvalue weighted by Crippen LogP contribution is -2.10. The van der Waals surface area contributed by atoms with E-state index in [0.29, 0.717) is 13.2 Å². The molecule has 0 N–H and O–H groups in total. The van der Waals surface area contributed by atoms with E-state index in [4.69, 9.17) is 67.5 Å².